The van der Waals surface area contributed by atoms with Crippen LogP contribution >= 0.6 is 0 Å². The number of carbonyl (C=O) groups is 1. The predicted molar refractivity (Wildman–Crippen MR) is 110 cm³/mol. The molecular weight excluding hydrogens is 372 g/mol. The van der Waals surface area contributed by atoms with Gasteiger partial charge in [-0.2, -0.15) is 0 Å². The van der Waals surface area contributed by atoms with Crippen LogP contribution in [-0.2, 0) is 20.6 Å². The van der Waals surface area contributed by atoms with Gasteiger partial charge in [0.1, 0.15) is 0 Å². The average molecular weight is 405 g/mol. The van der Waals surface area contributed by atoms with Crippen molar-refractivity contribution in [2.24, 2.45) is 17.8 Å². The average Bonchev–Trinajstić information content (AvgIpc) is 2.51. The Balaban J connectivity index is 1.35. The molecule has 4 saturated carbocycles. The van der Waals surface area contributed by atoms with Crippen molar-refractivity contribution in [1.82, 2.24) is 10.0 Å². The molecule has 5 rings (SSSR count). The highest BCUT2D eigenvalue weighted by molar-refractivity contribution is 7.88. The van der Waals surface area contributed by atoms with Gasteiger partial charge in [-0.15, -0.1) is 0 Å². The van der Waals surface area contributed by atoms with Gasteiger partial charge in [0, 0.05) is 17.5 Å². The van der Waals surface area contributed by atoms with Gasteiger partial charge >= 0.3 is 0 Å². The van der Waals surface area contributed by atoms with E-state index in [0.717, 1.165) is 42.6 Å². The number of nitrogens with one attached hydrogen (secondary N) is 2. The summed E-state index contributed by atoms with van der Waals surface area (Å²) in [5, 5.41) is 3.34. The minimum absolute atomic E-state index is 0.0330. The Labute approximate surface area is 168 Å². The van der Waals surface area contributed by atoms with Crippen molar-refractivity contribution in [3.8, 4) is 0 Å². The van der Waals surface area contributed by atoms with Crippen molar-refractivity contribution >= 4 is 15.9 Å². The third-order valence-electron chi connectivity index (χ3n) is 6.68. The highest BCUT2D eigenvalue weighted by Crippen LogP contribution is 2.55. The molecule has 6 heteroatoms. The maximum Gasteiger partial charge on any atom is 0.222 e. The van der Waals surface area contributed by atoms with Crippen LogP contribution in [0, 0.1) is 17.8 Å². The second kappa shape index (κ2) is 7.13. The van der Waals surface area contributed by atoms with Gasteiger partial charge in [-0.25, -0.2) is 13.1 Å². The Hall–Kier alpha value is -1.40. The van der Waals surface area contributed by atoms with Gasteiger partial charge in [0.25, 0.3) is 0 Å². The number of sulfonamides is 1. The fourth-order valence-corrected chi connectivity index (χ4v) is 7.91. The van der Waals surface area contributed by atoms with Gasteiger partial charge in [0.05, 0.1) is 5.75 Å². The molecule has 28 heavy (non-hydrogen) atoms. The molecule has 4 aliphatic rings. The Morgan fingerprint density at radius 1 is 1.04 bits per heavy atom. The van der Waals surface area contributed by atoms with Crippen LogP contribution in [0.5, 0.6) is 0 Å². The first-order valence-corrected chi connectivity index (χ1v) is 12.1. The van der Waals surface area contributed by atoms with Crippen LogP contribution in [0.2, 0.25) is 0 Å². The van der Waals surface area contributed by atoms with Crippen LogP contribution in [0.25, 0.3) is 0 Å². The van der Waals surface area contributed by atoms with Gasteiger partial charge in [0.2, 0.25) is 15.9 Å². The Morgan fingerprint density at radius 2 is 1.57 bits per heavy atom. The molecule has 2 N–H and O–H groups in total. The quantitative estimate of drug-likeness (QED) is 0.732. The lowest BCUT2D eigenvalue weighted by atomic mass is 9.53. The zero-order chi connectivity index (χ0) is 20.0. The smallest absolute Gasteiger partial charge is 0.222 e. The van der Waals surface area contributed by atoms with Crippen LogP contribution in [0.1, 0.15) is 64.4 Å². The van der Waals surface area contributed by atoms with E-state index >= 15 is 0 Å². The number of hydrogen-bond acceptors (Lipinski definition) is 3. The van der Waals surface area contributed by atoms with Gasteiger partial charge in [-0.1, -0.05) is 30.3 Å². The van der Waals surface area contributed by atoms with Crippen molar-refractivity contribution in [1.29, 1.82) is 0 Å². The fourth-order valence-electron chi connectivity index (χ4n) is 6.29. The second-order valence-corrected chi connectivity index (χ2v) is 11.9. The predicted octanol–water partition coefficient (Wildman–Crippen LogP) is 3.36. The number of rotatable bonds is 7. The van der Waals surface area contributed by atoms with E-state index in [-0.39, 0.29) is 23.6 Å². The maximum absolute atomic E-state index is 12.8. The fraction of sp³-hybridized carbons (Fsp3) is 0.682. The summed E-state index contributed by atoms with van der Waals surface area (Å²) in [6.07, 6.45) is 7.46. The van der Waals surface area contributed by atoms with Crippen molar-refractivity contribution in [3.05, 3.63) is 35.9 Å². The van der Waals surface area contributed by atoms with E-state index < -0.39 is 15.6 Å². The minimum atomic E-state index is -3.52. The molecular formula is C22H32N2O3S. The number of amides is 1. The Bertz CT molecular complexity index is 797. The lowest BCUT2D eigenvalue weighted by molar-refractivity contribution is -0.127. The molecule has 5 nitrogen and oxygen atoms in total. The summed E-state index contributed by atoms with van der Waals surface area (Å²) in [6.45, 7) is 3.57. The summed E-state index contributed by atoms with van der Waals surface area (Å²) in [6, 6.07) is 9.12. The van der Waals surface area contributed by atoms with E-state index in [1.54, 1.807) is 26.0 Å². The lowest BCUT2D eigenvalue weighted by Gasteiger charge is -2.57. The first-order chi connectivity index (χ1) is 13.1. The number of hydrogen-bond donors (Lipinski definition) is 2. The Morgan fingerprint density at radius 3 is 2.11 bits per heavy atom. The van der Waals surface area contributed by atoms with Crippen LogP contribution < -0.4 is 10.0 Å². The summed E-state index contributed by atoms with van der Waals surface area (Å²) >= 11 is 0. The molecule has 4 aliphatic carbocycles. The molecule has 1 amide bonds. The molecule has 0 unspecified atom stereocenters. The molecule has 0 saturated heterocycles. The van der Waals surface area contributed by atoms with E-state index in [0.29, 0.717) is 0 Å². The molecule has 1 aromatic rings. The normalized spacial score (nSPS) is 31.7. The van der Waals surface area contributed by atoms with Gasteiger partial charge in [-0.3, -0.25) is 4.79 Å². The summed E-state index contributed by atoms with van der Waals surface area (Å²) in [5.41, 5.74) is -0.117. The van der Waals surface area contributed by atoms with Crippen LogP contribution in [0.4, 0.5) is 0 Å². The third-order valence-corrected chi connectivity index (χ3v) is 8.25. The molecule has 0 heterocycles. The lowest BCUT2D eigenvalue weighted by Crippen LogP contribution is -2.60. The number of benzene rings is 1. The monoisotopic (exact) mass is 404 g/mol. The summed E-state index contributed by atoms with van der Waals surface area (Å²) < 4.78 is 27.9. The van der Waals surface area contributed by atoms with Crippen molar-refractivity contribution in [3.63, 3.8) is 0 Å². The summed E-state index contributed by atoms with van der Waals surface area (Å²) in [5.74, 6) is 2.19. The molecule has 0 aliphatic heterocycles. The van der Waals surface area contributed by atoms with E-state index in [1.807, 2.05) is 18.2 Å². The largest absolute Gasteiger partial charge is 0.351 e. The number of carbonyl (C=O) groups excluding carboxylic acids is 1. The van der Waals surface area contributed by atoms with Crippen molar-refractivity contribution in [2.75, 3.05) is 0 Å². The van der Waals surface area contributed by atoms with Crippen molar-refractivity contribution < 1.29 is 13.2 Å². The van der Waals surface area contributed by atoms with Gasteiger partial charge in [-0.05, 0) is 75.7 Å². The highest BCUT2D eigenvalue weighted by atomic mass is 32.2. The van der Waals surface area contributed by atoms with Crippen LogP contribution in [-0.4, -0.2) is 25.4 Å². The molecule has 0 atom stereocenters. The van der Waals surface area contributed by atoms with E-state index in [2.05, 4.69) is 10.0 Å². The standard InChI is InChI=1S/C22H32N2O3S/c1-21(2,24-28(26,27)15-16-6-4-3-5-7-16)14-20(25)23-22-11-17-8-18(12-22)10-19(9-17)13-22/h3-7,17-19,24H,8-15H2,1-2H3,(H,23,25). The first kappa shape index (κ1) is 19.9. The maximum atomic E-state index is 12.8. The molecule has 4 bridgehead atoms. The van der Waals surface area contributed by atoms with E-state index in [9.17, 15) is 13.2 Å². The molecule has 0 spiro atoms. The molecule has 154 valence electrons. The third kappa shape index (κ3) is 4.60. The molecule has 4 fully saturated rings. The summed E-state index contributed by atoms with van der Waals surface area (Å²) in [7, 11) is -3.52. The second-order valence-electron chi connectivity index (χ2n) is 10.2. The molecule has 0 aromatic heterocycles. The topological polar surface area (TPSA) is 75.3 Å². The van der Waals surface area contributed by atoms with E-state index in [4.69, 9.17) is 0 Å². The summed E-state index contributed by atoms with van der Waals surface area (Å²) in [4.78, 5) is 12.8. The minimum Gasteiger partial charge on any atom is -0.351 e. The van der Waals surface area contributed by atoms with Gasteiger partial charge in [0.15, 0.2) is 0 Å². The zero-order valence-corrected chi connectivity index (χ0v) is 17.7. The molecule has 1 aromatic carbocycles. The van der Waals surface area contributed by atoms with Gasteiger partial charge < -0.3 is 5.32 Å². The van der Waals surface area contributed by atoms with Crippen molar-refractivity contribution in [2.45, 2.75) is 75.6 Å². The van der Waals surface area contributed by atoms with Crippen LogP contribution in [0.15, 0.2) is 30.3 Å². The molecule has 0 radical (unpaired) electrons. The Kier molecular flexibility index (Phi) is 5.07. The zero-order valence-electron chi connectivity index (χ0n) is 16.9. The SMILES string of the molecule is CC(C)(CC(=O)NC12CC3CC(CC(C3)C1)C2)NS(=O)(=O)Cc1ccccc1. The van der Waals surface area contributed by atoms with Crippen LogP contribution in [0.3, 0.4) is 0 Å². The van der Waals surface area contributed by atoms with E-state index in [1.165, 1.54) is 19.3 Å². The first-order valence-electron chi connectivity index (χ1n) is 10.5. The highest BCUT2D eigenvalue weighted by Gasteiger charge is 2.51.